The topological polar surface area (TPSA) is 75.6 Å². The number of hydrogen-bond donors (Lipinski definition) is 1. The van der Waals surface area contributed by atoms with Crippen molar-refractivity contribution < 1.29 is 19.0 Å². The molecule has 0 saturated carbocycles. The number of ether oxygens (including phenoxy) is 3. The zero-order valence-electron chi connectivity index (χ0n) is 25.0. The lowest BCUT2D eigenvalue weighted by Crippen LogP contribution is -2.46. The average molecular weight is 620 g/mol. The molecule has 10 heteroatoms. The maximum absolute atomic E-state index is 12.0. The van der Waals surface area contributed by atoms with Gasteiger partial charge in [0, 0.05) is 45.2 Å². The van der Waals surface area contributed by atoms with Crippen LogP contribution in [0.4, 0.5) is 16.2 Å². The minimum absolute atomic E-state index is 0.155. The van der Waals surface area contributed by atoms with Crippen molar-refractivity contribution >= 4 is 46.6 Å². The smallest absolute Gasteiger partial charge is 0.410 e. The molecule has 2 aromatic rings. The number of amides is 1. The van der Waals surface area contributed by atoms with Crippen LogP contribution in [-0.4, -0.2) is 69.6 Å². The van der Waals surface area contributed by atoms with Gasteiger partial charge in [-0.25, -0.2) is 9.79 Å². The van der Waals surface area contributed by atoms with E-state index in [1.54, 1.807) is 0 Å². The summed E-state index contributed by atoms with van der Waals surface area (Å²) in [6.45, 7) is 12.5. The van der Waals surface area contributed by atoms with Gasteiger partial charge in [0.05, 0.1) is 28.0 Å². The van der Waals surface area contributed by atoms with Gasteiger partial charge in [-0.15, -0.1) is 0 Å². The summed E-state index contributed by atoms with van der Waals surface area (Å²) in [4.78, 5) is 21.4. The number of alkyl carbamates (subject to hydrolysis) is 1. The number of piperazine rings is 1. The number of benzene rings is 2. The molecule has 230 valence electrons. The lowest BCUT2D eigenvalue weighted by atomic mass is 9.99. The number of aryl methyl sites for hydroxylation is 1. The monoisotopic (exact) mass is 618 g/mol. The number of nitrogens with one attached hydrogen (secondary N) is 1. The molecule has 0 aromatic heterocycles. The van der Waals surface area contributed by atoms with E-state index >= 15 is 0 Å². The van der Waals surface area contributed by atoms with Gasteiger partial charge in [-0.05, 0) is 67.8 Å². The molecule has 1 unspecified atom stereocenters. The van der Waals surface area contributed by atoms with Crippen molar-refractivity contribution in [2.75, 3.05) is 57.6 Å². The molecule has 42 heavy (non-hydrogen) atoms. The highest BCUT2D eigenvalue weighted by atomic mass is 35.5. The summed E-state index contributed by atoms with van der Waals surface area (Å²) in [5.74, 6) is 2.37. The minimum atomic E-state index is -0.470. The average Bonchev–Trinajstić information content (AvgIpc) is 2.97. The van der Waals surface area contributed by atoms with Gasteiger partial charge in [0.25, 0.3) is 0 Å². The minimum Gasteiger partial charge on any atom is -0.494 e. The number of rotatable bonds is 13. The Bertz CT molecular complexity index is 1200. The summed E-state index contributed by atoms with van der Waals surface area (Å²) >= 11 is 12.6. The zero-order valence-corrected chi connectivity index (χ0v) is 26.6. The lowest BCUT2D eigenvalue weighted by Gasteiger charge is -2.36. The van der Waals surface area contributed by atoms with E-state index < -0.39 is 6.09 Å². The van der Waals surface area contributed by atoms with Crippen LogP contribution in [0.2, 0.25) is 10.0 Å². The second-order valence-corrected chi connectivity index (χ2v) is 12.3. The largest absolute Gasteiger partial charge is 0.494 e. The van der Waals surface area contributed by atoms with E-state index in [0.29, 0.717) is 47.4 Å². The molecule has 0 radical (unpaired) electrons. The van der Waals surface area contributed by atoms with Crippen molar-refractivity contribution in [2.24, 2.45) is 16.8 Å². The lowest BCUT2D eigenvalue weighted by molar-refractivity contribution is 0.0499. The van der Waals surface area contributed by atoms with E-state index in [9.17, 15) is 4.79 Å². The van der Waals surface area contributed by atoms with E-state index in [4.69, 9.17) is 37.4 Å². The van der Waals surface area contributed by atoms with Crippen molar-refractivity contribution in [1.82, 2.24) is 10.2 Å². The predicted molar refractivity (Wildman–Crippen MR) is 171 cm³/mol. The van der Waals surface area contributed by atoms with E-state index in [2.05, 4.69) is 46.9 Å². The highest BCUT2D eigenvalue weighted by molar-refractivity contribution is 6.43. The summed E-state index contributed by atoms with van der Waals surface area (Å²) in [6.07, 6.45) is 4.13. The van der Waals surface area contributed by atoms with E-state index in [0.717, 1.165) is 81.1 Å². The highest BCUT2D eigenvalue weighted by Gasteiger charge is 2.20. The first-order valence-corrected chi connectivity index (χ1v) is 15.8. The Labute approximate surface area is 260 Å². The number of unbranched alkanes of at least 4 members (excludes halogenated alkanes) is 1. The second kappa shape index (κ2) is 16.2. The van der Waals surface area contributed by atoms with Crippen molar-refractivity contribution in [1.29, 1.82) is 0 Å². The molecule has 0 aliphatic carbocycles. The van der Waals surface area contributed by atoms with Gasteiger partial charge < -0.3 is 24.4 Å². The Balaban J connectivity index is 1.12. The summed E-state index contributed by atoms with van der Waals surface area (Å²) in [5.41, 5.74) is 3.02. The summed E-state index contributed by atoms with van der Waals surface area (Å²) in [6, 6.07) is 11.8. The quantitative estimate of drug-likeness (QED) is 0.187. The molecule has 1 N–H and O–H groups in total. The zero-order chi connectivity index (χ0) is 29.9. The van der Waals surface area contributed by atoms with Crippen molar-refractivity contribution in [3.63, 3.8) is 0 Å². The number of fused-ring (bicyclic) bond motifs is 1. The Morgan fingerprint density at radius 1 is 1.02 bits per heavy atom. The molecule has 4 rings (SSSR count). The van der Waals surface area contributed by atoms with Gasteiger partial charge in [0.1, 0.15) is 5.75 Å². The maximum Gasteiger partial charge on any atom is 0.410 e. The third-order valence-electron chi connectivity index (χ3n) is 7.58. The number of aliphatic imine (C=N–C) groups is 1. The first kappa shape index (κ1) is 32.2. The predicted octanol–water partition coefficient (Wildman–Crippen LogP) is 7.33. The fourth-order valence-electron chi connectivity index (χ4n) is 5.41. The summed E-state index contributed by atoms with van der Waals surface area (Å²) < 4.78 is 16.9. The van der Waals surface area contributed by atoms with Crippen LogP contribution < -0.4 is 15.0 Å². The summed E-state index contributed by atoms with van der Waals surface area (Å²) in [5, 5.41) is 4.03. The van der Waals surface area contributed by atoms with Gasteiger partial charge in [-0.3, -0.25) is 4.90 Å². The van der Waals surface area contributed by atoms with Gasteiger partial charge in [0.2, 0.25) is 6.79 Å². The third kappa shape index (κ3) is 9.96. The van der Waals surface area contributed by atoms with Crippen LogP contribution >= 0.6 is 23.2 Å². The first-order valence-electron chi connectivity index (χ1n) is 15.1. The SMILES string of the molecule is CC(C)CC(C)CNC(=O)OCOC1=Nc2cc(OCCCCN3CCN(c4cccc(Cl)c4Cl)CC3)ccc2CC1. The van der Waals surface area contributed by atoms with Crippen LogP contribution in [0, 0.1) is 11.8 Å². The normalized spacial score (nSPS) is 16.0. The van der Waals surface area contributed by atoms with Crippen LogP contribution in [0.1, 0.15) is 52.0 Å². The van der Waals surface area contributed by atoms with Crippen molar-refractivity contribution in [3.8, 4) is 5.75 Å². The van der Waals surface area contributed by atoms with Gasteiger partial charge >= 0.3 is 6.09 Å². The fraction of sp³-hybridized carbons (Fsp3) is 0.562. The fourth-order valence-corrected chi connectivity index (χ4v) is 5.82. The van der Waals surface area contributed by atoms with Crippen LogP contribution in [0.15, 0.2) is 41.4 Å². The molecule has 0 bridgehead atoms. The van der Waals surface area contributed by atoms with Gasteiger partial charge in [0.15, 0.2) is 5.90 Å². The van der Waals surface area contributed by atoms with Crippen LogP contribution in [0.25, 0.3) is 0 Å². The Morgan fingerprint density at radius 3 is 2.62 bits per heavy atom. The molecular weight excluding hydrogens is 575 g/mol. The number of hydrogen-bond acceptors (Lipinski definition) is 7. The number of carbonyl (C=O) groups excluding carboxylic acids is 1. The van der Waals surface area contributed by atoms with Crippen molar-refractivity contribution in [3.05, 3.63) is 52.0 Å². The molecule has 1 amide bonds. The molecule has 2 heterocycles. The number of carbonyl (C=O) groups is 1. The molecule has 2 aromatic carbocycles. The molecule has 1 atom stereocenters. The van der Waals surface area contributed by atoms with Crippen molar-refractivity contribution in [2.45, 2.75) is 52.9 Å². The molecule has 0 spiro atoms. The Morgan fingerprint density at radius 2 is 1.83 bits per heavy atom. The van der Waals surface area contributed by atoms with E-state index in [1.165, 1.54) is 0 Å². The maximum atomic E-state index is 12.0. The molecular formula is C32H44Cl2N4O4. The Hall–Kier alpha value is -2.68. The van der Waals surface area contributed by atoms with E-state index in [1.807, 2.05) is 30.3 Å². The summed E-state index contributed by atoms with van der Waals surface area (Å²) in [7, 11) is 0. The Kier molecular flexibility index (Phi) is 12.5. The van der Waals surface area contributed by atoms with Crippen LogP contribution in [-0.2, 0) is 15.9 Å². The number of nitrogens with zero attached hydrogens (tertiary/aromatic N) is 3. The van der Waals surface area contributed by atoms with Crippen LogP contribution in [0.5, 0.6) is 5.75 Å². The third-order valence-corrected chi connectivity index (χ3v) is 8.38. The van der Waals surface area contributed by atoms with Crippen LogP contribution in [0.3, 0.4) is 0 Å². The molecule has 8 nitrogen and oxygen atoms in total. The molecule has 2 aliphatic rings. The number of anilines is 1. The van der Waals surface area contributed by atoms with Gasteiger partial charge in [-0.1, -0.05) is 56.1 Å². The van der Waals surface area contributed by atoms with Gasteiger partial charge in [-0.2, -0.15) is 0 Å². The first-order chi connectivity index (χ1) is 20.3. The number of halogens is 2. The molecule has 1 fully saturated rings. The van der Waals surface area contributed by atoms with E-state index in [-0.39, 0.29) is 6.79 Å². The second-order valence-electron chi connectivity index (χ2n) is 11.6. The molecule has 2 aliphatic heterocycles. The highest BCUT2D eigenvalue weighted by Crippen LogP contribution is 2.33. The molecule has 1 saturated heterocycles. The standard InChI is InChI=1S/C32H44Cl2N4O4/c1-23(2)19-24(3)21-35-32(39)42-22-41-30-12-10-25-9-11-26(20-28(25)36-30)40-18-5-4-13-37-14-16-38(17-15-37)29-8-6-7-27(33)31(29)34/h6-9,11,20,23-24H,4-5,10,12-19,21-22H2,1-3H3,(H,35,39).